The molecule has 0 unspecified atom stereocenters. The first-order valence-corrected chi connectivity index (χ1v) is 10.0. The zero-order chi connectivity index (χ0) is 17.1. The molecule has 0 spiro atoms. The monoisotopic (exact) mass is 350 g/mol. The van der Waals surface area contributed by atoms with Gasteiger partial charge in [0.1, 0.15) is 5.75 Å². The molecule has 0 aliphatic heterocycles. The molecule has 0 heterocycles. The Kier molecular flexibility index (Phi) is 5.82. The van der Waals surface area contributed by atoms with Crippen molar-refractivity contribution in [2.75, 3.05) is 37.8 Å². The van der Waals surface area contributed by atoms with Crippen LogP contribution in [0.4, 0.5) is 5.69 Å². The van der Waals surface area contributed by atoms with Crippen molar-refractivity contribution in [2.24, 2.45) is 0 Å². The maximum atomic E-state index is 12.5. The summed E-state index contributed by atoms with van der Waals surface area (Å²) in [7, 11) is -4.46. The average molecular weight is 350 g/mol. The van der Waals surface area contributed by atoms with E-state index in [0.29, 0.717) is 13.1 Å². The van der Waals surface area contributed by atoms with E-state index in [4.69, 9.17) is 4.74 Å². The molecular formula is C13H22N2O5S2. The molecule has 0 bridgehead atoms. The van der Waals surface area contributed by atoms with Gasteiger partial charge in [-0.05, 0) is 18.2 Å². The van der Waals surface area contributed by atoms with Crippen molar-refractivity contribution in [2.45, 2.75) is 18.7 Å². The smallest absolute Gasteiger partial charge is 0.243 e. The highest BCUT2D eigenvalue weighted by molar-refractivity contribution is 7.92. The van der Waals surface area contributed by atoms with Crippen LogP contribution in [0.5, 0.6) is 5.75 Å². The van der Waals surface area contributed by atoms with Gasteiger partial charge in [0.15, 0.2) is 0 Å². The topological polar surface area (TPSA) is 84.0 Å². The second kappa shape index (κ2) is 6.84. The second-order valence-corrected chi connectivity index (χ2v) is 8.61. The van der Waals surface area contributed by atoms with E-state index in [1.54, 1.807) is 13.8 Å². The predicted molar refractivity (Wildman–Crippen MR) is 86.3 cm³/mol. The molecule has 7 nitrogen and oxygen atoms in total. The molecule has 0 saturated carbocycles. The van der Waals surface area contributed by atoms with Gasteiger partial charge >= 0.3 is 0 Å². The highest BCUT2D eigenvalue weighted by Crippen LogP contribution is 2.32. The van der Waals surface area contributed by atoms with E-state index in [0.717, 1.165) is 10.6 Å². The van der Waals surface area contributed by atoms with Crippen LogP contribution in [0.25, 0.3) is 0 Å². The molecule has 22 heavy (non-hydrogen) atoms. The van der Waals surface area contributed by atoms with Gasteiger partial charge in [-0.25, -0.2) is 16.8 Å². The van der Waals surface area contributed by atoms with E-state index in [1.807, 2.05) is 0 Å². The van der Waals surface area contributed by atoms with Crippen LogP contribution in [0.15, 0.2) is 23.1 Å². The zero-order valence-electron chi connectivity index (χ0n) is 13.4. The van der Waals surface area contributed by atoms with Crippen LogP contribution in [0.2, 0.25) is 0 Å². The second-order valence-electron chi connectivity index (χ2n) is 4.65. The number of anilines is 1. The quantitative estimate of drug-likeness (QED) is 0.736. The minimum Gasteiger partial charge on any atom is -0.495 e. The molecule has 0 atom stereocenters. The van der Waals surface area contributed by atoms with Gasteiger partial charge in [0.2, 0.25) is 20.0 Å². The molecule has 0 fully saturated rings. The van der Waals surface area contributed by atoms with E-state index in [-0.39, 0.29) is 16.3 Å². The highest BCUT2D eigenvalue weighted by Gasteiger charge is 2.25. The summed E-state index contributed by atoms with van der Waals surface area (Å²) in [6, 6.07) is 4.17. The summed E-state index contributed by atoms with van der Waals surface area (Å²) < 4.78 is 55.9. The lowest BCUT2D eigenvalue weighted by Gasteiger charge is -2.22. The Morgan fingerprint density at radius 2 is 1.64 bits per heavy atom. The van der Waals surface area contributed by atoms with Crippen molar-refractivity contribution < 1.29 is 21.6 Å². The Bertz CT molecular complexity index is 725. The molecule has 0 radical (unpaired) electrons. The number of methoxy groups -OCH3 is 1. The van der Waals surface area contributed by atoms with Gasteiger partial charge in [-0.2, -0.15) is 4.31 Å². The van der Waals surface area contributed by atoms with Crippen LogP contribution in [0.3, 0.4) is 0 Å². The summed E-state index contributed by atoms with van der Waals surface area (Å²) in [5.74, 6) is 0.284. The Hall–Kier alpha value is -1.32. The maximum Gasteiger partial charge on any atom is 0.243 e. The Labute approximate surface area is 132 Å². The van der Waals surface area contributed by atoms with Gasteiger partial charge in [0.25, 0.3) is 0 Å². The summed E-state index contributed by atoms with van der Waals surface area (Å²) in [5, 5.41) is 0. The summed E-state index contributed by atoms with van der Waals surface area (Å²) in [6.45, 7) is 4.16. The first-order chi connectivity index (χ1) is 10.1. The van der Waals surface area contributed by atoms with Crippen molar-refractivity contribution in [3.63, 3.8) is 0 Å². The number of rotatable bonds is 7. The Morgan fingerprint density at radius 3 is 2.05 bits per heavy atom. The van der Waals surface area contributed by atoms with Crippen molar-refractivity contribution in [3.05, 3.63) is 18.2 Å². The lowest BCUT2D eigenvalue weighted by molar-refractivity contribution is 0.415. The molecule has 0 aliphatic carbocycles. The van der Waals surface area contributed by atoms with Crippen LogP contribution in [-0.4, -0.2) is 54.6 Å². The van der Waals surface area contributed by atoms with E-state index >= 15 is 0 Å². The predicted octanol–water partition coefficient (Wildman–Crippen LogP) is 1.12. The van der Waals surface area contributed by atoms with E-state index in [2.05, 4.69) is 0 Å². The number of nitrogens with zero attached hydrogens (tertiary/aromatic N) is 2. The average Bonchev–Trinajstić information content (AvgIpc) is 2.45. The number of benzene rings is 1. The number of sulfonamides is 2. The van der Waals surface area contributed by atoms with Gasteiger partial charge in [-0.15, -0.1) is 0 Å². The summed E-state index contributed by atoms with van der Waals surface area (Å²) in [6.07, 6.45) is 1.04. The van der Waals surface area contributed by atoms with Gasteiger partial charge < -0.3 is 4.74 Å². The number of hydrogen-bond acceptors (Lipinski definition) is 5. The molecule has 9 heteroatoms. The van der Waals surface area contributed by atoms with E-state index in [9.17, 15) is 16.8 Å². The molecule has 1 aromatic carbocycles. The largest absolute Gasteiger partial charge is 0.495 e. The van der Waals surface area contributed by atoms with Crippen LogP contribution in [-0.2, 0) is 20.0 Å². The molecule has 1 aromatic rings. The molecule has 0 aliphatic rings. The van der Waals surface area contributed by atoms with Crippen molar-refractivity contribution >= 4 is 25.7 Å². The van der Waals surface area contributed by atoms with Crippen molar-refractivity contribution in [1.29, 1.82) is 0 Å². The lowest BCUT2D eigenvalue weighted by atomic mass is 10.3. The van der Waals surface area contributed by atoms with Crippen LogP contribution < -0.4 is 9.04 Å². The fourth-order valence-electron chi connectivity index (χ4n) is 1.97. The minimum absolute atomic E-state index is 0.0301. The third-order valence-corrected chi connectivity index (χ3v) is 6.57. The number of ether oxygens (including phenoxy) is 1. The summed E-state index contributed by atoms with van der Waals surface area (Å²) in [5.41, 5.74) is 0.179. The normalized spacial score (nSPS) is 12.5. The molecular weight excluding hydrogens is 328 g/mol. The lowest BCUT2D eigenvalue weighted by Crippen LogP contribution is -2.31. The van der Waals surface area contributed by atoms with Crippen molar-refractivity contribution in [1.82, 2.24) is 4.31 Å². The molecule has 0 aromatic heterocycles. The maximum absolute atomic E-state index is 12.5. The molecule has 126 valence electrons. The van der Waals surface area contributed by atoms with E-state index < -0.39 is 20.0 Å². The van der Waals surface area contributed by atoms with Crippen LogP contribution >= 0.6 is 0 Å². The van der Waals surface area contributed by atoms with Gasteiger partial charge in [0, 0.05) is 20.1 Å². The highest BCUT2D eigenvalue weighted by atomic mass is 32.2. The summed E-state index contributed by atoms with van der Waals surface area (Å²) in [4.78, 5) is 0.0301. The third kappa shape index (κ3) is 3.71. The third-order valence-electron chi connectivity index (χ3n) is 3.33. The van der Waals surface area contributed by atoms with Gasteiger partial charge in [0.05, 0.1) is 23.9 Å². The molecule has 0 saturated heterocycles. The van der Waals surface area contributed by atoms with Gasteiger partial charge in [-0.3, -0.25) is 4.31 Å². The zero-order valence-corrected chi connectivity index (χ0v) is 15.0. The first-order valence-electron chi connectivity index (χ1n) is 6.71. The van der Waals surface area contributed by atoms with E-state index in [1.165, 1.54) is 36.7 Å². The Balaban J connectivity index is 3.50. The summed E-state index contributed by atoms with van der Waals surface area (Å²) >= 11 is 0. The standard InChI is InChI=1S/C13H22N2O5S2/c1-6-15(7-2)22(18,19)11-8-9-13(20-4)12(10-11)14(3)21(5,16)17/h8-10H,6-7H2,1-5H3. The molecule has 0 amide bonds. The SMILES string of the molecule is CCN(CC)S(=O)(=O)c1ccc(OC)c(N(C)S(C)(=O)=O)c1. The molecule has 1 rings (SSSR count). The molecule has 0 N–H and O–H groups in total. The number of hydrogen-bond donors (Lipinski definition) is 0. The Morgan fingerprint density at radius 1 is 1.09 bits per heavy atom. The fourth-order valence-corrected chi connectivity index (χ4v) is 3.95. The minimum atomic E-state index is -3.67. The van der Waals surface area contributed by atoms with Crippen molar-refractivity contribution in [3.8, 4) is 5.75 Å². The van der Waals surface area contributed by atoms with Gasteiger partial charge in [-0.1, -0.05) is 13.8 Å². The fraction of sp³-hybridized carbons (Fsp3) is 0.538. The first kappa shape index (κ1) is 18.7. The van der Waals surface area contributed by atoms with Crippen LogP contribution in [0.1, 0.15) is 13.8 Å². The van der Waals surface area contributed by atoms with Crippen LogP contribution in [0, 0.1) is 0 Å².